The van der Waals surface area contributed by atoms with E-state index in [1.165, 1.54) is 0 Å². The molecule has 0 spiro atoms. The second kappa shape index (κ2) is 7.77. The summed E-state index contributed by atoms with van der Waals surface area (Å²) in [5.74, 6) is 0.691. The van der Waals surface area contributed by atoms with Crippen molar-refractivity contribution >= 4 is 5.91 Å². The van der Waals surface area contributed by atoms with Gasteiger partial charge in [-0.1, -0.05) is 18.2 Å². The molecule has 6 nitrogen and oxygen atoms in total. The summed E-state index contributed by atoms with van der Waals surface area (Å²) in [5.41, 5.74) is -0.771. The lowest BCUT2D eigenvalue weighted by Crippen LogP contribution is -2.48. The van der Waals surface area contributed by atoms with Crippen molar-refractivity contribution in [2.24, 2.45) is 0 Å². The number of carbonyl (C=O) groups is 1. The van der Waals surface area contributed by atoms with Gasteiger partial charge in [0.2, 0.25) is 5.91 Å². The van der Waals surface area contributed by atoms with Gasteiger partial charge in [-0.15, -0.1) is 0 Å². The molecule has 160 valence electrons. The number of hydrogen-bond acceptors (Lipinski definition) is 5. The maximum Gasteiger partial charge on any atom is 0.433 e. The van der Waals surface area contributed by atoms with E-state index >= 15 is 0 Å². The molecule has 30 heavy (non-hydrogen) atoms. The summed E-state index contributed by atoms with van der Waals surface area (Å²) in [7, 11) is 1.58. The molecule has 1 aromatic carbocycles. The highest BCUT2D eigenvalue weighted by Gasteiger charge is 2.54. The van der Waals surface area contributed by atoms with Crippen LogP contribution in [0.3, 0.4) is 0 Å². The molecule has 2 aliphatic rings. The molecule has 9 heteroatoms. The zero-order valence-corrected chi connectivity index (χ0v) is 16.5. The van der Waals surface area contributed by atoms with E-state index < -0.39 is 23.4 Å². The Morgan fingerprint density at radius 1 is 1.23 bits per heavy atom. The first-order chi connectivity index (χ1) is 14.3. The number of rotatable bonds is 5. The fourth-order valence-corrected chi connectivity index (χ4v) is 3.99. The van der Waals surface area contributed by atoms with Crippen LogP contribution in [0.2, 0.25) is 0 Å². The van der Waals surface area contributed by atoms with Gasteiger partial charge in [0, 0.05) is 18.3 Å². The van der Waals surface area contributed by atoms with Crippen molar-refractivity contribution in [2.45, 2.75) is 43.4 Å². The number of methoxy groups -OCH3 is 1. The number of hydrogen-bond donors (Lipinski definition) is 0. The van der Waals surface area contributed by atoms with Crippen LogP contribution in [0.4, 0.5) is 13.2 Å². The van der Waals surface area contributed by atoms with Crippen LogP contribution < -0.4 is 9.47 Å². The number of para-hydroxylation sites is 1. The van der Waals surface area contributed by atoms with Crippen LogP contribution in [0.1, 0.15) is 36.9 Å². The highest BCUT2D eigenvalue weighted by Crippen LogP contribution is 2.52. The molecule has 0 N–H and O–H groups in total. The van der Waals surface area contributed by atoms with Crippen LogP contribution >= 0.6 is 0 Å². The molecule has 1 aromatic heterocycles. The molecule has 2 fully saturated rings. The van der Waals surface area contributed by atoms with Gasteiger partial charge in [-0.25, -0.2) is 4.98 Å². The van der Waals surface area contributed by atoms with Gasteiger partial charge in [0.1, 0.15) is 11.9 Å². The van der Waals surface area contributed by atoms with Crippen molar-refractivity contribution in [1.82, 2.24) is 14.9 Å². The van der Waals surface area contributed by atoms with Crippen LogP contribution in [0.15, 0.2) is 36.5 Å². The molecular formula is C21H22F3N3O3. The third-order valence-corrected chi connectivity index (χ3v) is 5.64. The third kappa shape index (κ3) is 3.93. The van der Waals surface area contributed by atoms with Crippen LogP contribution in [0, 0.1) is 0 Å². The topological polar surface area (TPSA) is 64.5 Å². The smallest absolute Gasteiger partial charge is 0.433 e. The number of benzene rings is 1. The van der Waals surface area contributed by atoms with Crippen LogP contribution in [0.25, 0.3) is 0 Å². The van der Waals surface area contributed by atoms with Gasteiger partial charge in [-0.2, -0.15) is 18.2 Å². The first kappa shape index (κ1) is 20.4. The van der Waals surface area contributed by atoms with Gasteiger partial charge in [0.15, 0.2) is 5.69 Å². The van der Waals surface area contributed by atoms with Gasteiger partial charge < -0.3 is 14.4 Å². The van der Waals surface area contributed by atoms with Crippen molar-refractivity contribution in [2.75, 3.05) is 20.2 Å². The Morgan fingerprint density at radius 2 is 2.00 bits per heavy atom. The molecular weight excluding hydrogens is 399 g/mol. The summed E-state index contributed by atoms with van der Waals surface area (Å²) >= 11 is 0. The summed E-state index contributed by atoms with van der Waals surface area (Å²) < 4.78 is 49.7. The molecule has 1 amide bonds. The van der Waals surface area contributed by atoms with Gasteiger partial charge in [0.05, 0.1) is 19.1 Å². The highest BCUT2D eigenvalue weighted by molar-refractivity contribution is 5.92. The van der Waals surface area contributed by atoms with E-state index in [9.17, 15) is 18.0 Å². The van der Waals surface area contributed by atoms with Crippen molar-refractivity contribution < 1.29 is 27.4 Å². The number of alkyl halides is 3. The summed E-state index contributed by atoms with van der Waals surface area (Å²) in [6.07, 6.45) is -1.21. The zero-order chi connectivity index (χ0) is 21.4. The molecule has 1 aliphatic heterocycles. The molecule has 1 saturated heterocycles. The van der Waals surface area contributed by atoms with Crippen molar-refractivity contribution in [3.8, 4) is 11.8 Å². The van der Waals surface area contributed by atoms with E-state index in [1.54, 1.807) is 12.0 Å². The Kier molecular flexibility index (Phi) is 5.29. The van der Waals surface area contributed by atoms with E-state index in [-0.39, 0.29) is 18.5 Å². The van der Waals surface area contributed by atoms with Crippen LogP contribution in [-0.4, -0.2) is 47.1 Å². The number of amides is 1. The van der Waals surface area contributed by atoms with Gasteiger partial charge in [0.25, 0.3) is 0 Å². The SMILES string of the molecule is COc1ccccc1C1(C(=O)N2CCCC(Oc3nccc(C(F)(F)F)n3)C2)CC1. The number of carbonyl (C=O) groups excluding carboxylic acids is 1. The molecule has 1 unspecified atom stereocenters. The van der Waals surface area contributed by atoms with Crippen molar-refractivity contribution in [3.05, 3.63) is 47.8 Å². The Bertz CT molecular complexity index is 931. The summed E-state index contributed by atoms with van der Waals surface area (Å²) in [6, 6.07) is 7.98. The second-order valence-corrected chi connectivity index (χ2v) is 7.64. The van der Waals surface area contributed by atoms with Crippen molar-refractivity contribution in [3.63, 3.8) is 0 Å². The maximum atomic E-state index is 13.4. The molecule has 0 radical (unpaired) electrons. The number of halogens is 3. The Balaban J connectivity index is 1.47. The number of piperidine rings is 1. The Labute approximate surface area is 172 Å². The lowest BCUT2D eigenvalue weighted by Gasteiger charge is -2.35. The standard InChI is InChI=1S/C21H22F3N3O3/c1-29-16-7-3-2-6-15(16)20(9-10-20)18(28)27-12-4-5-14(13-27)30-19-25-11-8-17(26-19)21(22,23)24/h2-3,6-8,11,14H,4-5,9-10,12-13H2,1H3. The van der Waals surface area contributed by atoms with Gasteiger partial charge >= 0.3 is 12.2 Å². The minimum Gasteiger partial charge on any atom is -0.496 e. The molecule has 1 atom stereocenters. The molecule has 1 aliphatic carbocycles. The zero-order valence-electron chi connectivity index (χ0n) is 16.5. The summed E-state index contributed by atoms with van der Waals surface area (Å²) in [4.78, 5) is 22.4. The van der Waals surface area contributed by atoms with E-state index in [2.05, 4.69) is 9.97 Å². The first-order valence-electron chi connectivity index (χ1n) is 9.83. The van der Waals surface area contributed by atoms with E-state index in [0.29, 0.717) is 25.1 Å². The predicted octanol–water partition coefficient (Wildman–Crippen LogP) is 3.61. The predicted molar refractivity (Wildman–Crippen MR) is 101 cm³/mol. The Hall–Kier alpha value is -2.84. The lowest BCUT2D eigenvalue weighted by atomic mass is 9.92. The normalized spacial score (nSPS) is 20.5. The molecule has 2 aromatic rings. The average Bonchev–Trinajstić information content (AvgIpc) is 3.55. The summed E-state index contributed by atoms with van der Waals surface area (Å²) in [5, 5.41) is 0. The number of likely N-dealkylation sites (tertiary alicyclic amines) is 1. The van der Waals surface area contributed by atoms with Crippen molar-refractivity contribution in [1.29, 1.82) is 0 Å². The van der Waals surface area contributed by atoms with Gasteiger partial charge in [-0.3, -0.25) is 4.79 Å². The number of nitrogens with zero attached hydrogens (tertiary/aromatic N) is 3. The van der Waals surface area contributed by atoms with E-state index in [1.807, 2.05) is 24.3 Å². The second-order valence-electron chi connectivity index (χ2n) is 7.64. The average molecular weight is 421 g/mol. The van der Waals surface area contributed by atoms with Crippen LogP contribution in [0.5, 0.6) is 11.8 Å². The molecule has 1 saturated carbocycles. The maximum absolute atomic E-state index is 13.4. The molecule has 4 rings (SSSR count). The molecule has 0 bridgehead atoms. The minimum absolute atomic E-state index is 0.00487. The fourth-order valence-electron chi connectivity index (χ4n) is 3.99. The van der Waals surface area contributed by atoms with Gasteiger partial charge in [-0.05, 0) is 37.8 Å². The highest BCUT2D eigenvalue weighted by atomic mass is 19.4. The molecule has 2 heterocycles. The quantitative estimate of drug-likeness (QED) is 0.738. The minimum atomic E-state index is -4.57. The first-order valence-corrected chi connectivity index (χ1v) is 9.83. The van der Waals surface area contributed by atoms with E-state index in [4.69, 9.17) is 9.47 Å². The van der Waals surface area contributed by atoms with E-state index in [0.717, 1.165) is 30.7 Å². The summed E-state index contributed by atoms with van der Waals surface area (Å²) in [6.45, 7) is 0.869. The largest absolute Gasteiger partial charge is 0.496 e. The monoisotopic (exact) mass is 421 g/mol. The van der Waals surface area contributed by atoms with Crippen LogP contribution in [-0.2, 0) is 16.4 Å². The number of aromatic nitrogens is 2. The Morgan fingerprint density at radius 3 is 2.70 bits per heavy atom. The third-order valence-electron chi connectivity index (χ3n) is 5.64. The lowest BCUT2D eigenvalue weighted by molar-refractivity contribution is -0.141. The number of ether oxygens (including phenoxy) is 2. The fraction of sp³-hybridized carbons (Fsp3) is 0.476.